The van der Waals surface area contributed by atoms with Crippen molar-refractivity contribution in [2.75, 3.05) is 14.2 Å². The molecule has 15 heavy (non-hydrogen) atoms. The molecule has 0 bridgehead atoms. The van der Waals surface area contributed by atoms with Gasteiger partial charge in [-0.2, -0.15) is 0 Å². The van der Waals surface area contributed by atoms with Crippen LogP contribution in [0.5, 0.6) is 0 Å². The van der Waals surface area contributed by atoms with Gasteiger partial charge in [-0.1, -0.05) is 12.1 Å². The summed E-state index contributed by atoms with van der Waals surface area (Å²) >= 11 is 0. The lowest BCUT2D eigenvalue weighted by atomic mass is 10.0. The Balaban J connectivity index is 3.07. The Morgan fingerprint density at radius 1 is 1.53 bits per heavy atom. The molecule has 0 heterocycles. The first kappa shape index (κ1) is 11.7. The Hall–Kier alpha value is -1.39. The molecule has 3 N–H and O–H groups in total. The van der Waals surface area contributed by atoms with Gasteiger partial charge in [0.1, 0.15) is 0 Å². The zero-order valence-electron chi connectivity index (χ0n) is 9.04. The lowest BCUT2D eigenvalue weighted by molar-refractivity contribution is 0.0599. The van der Waals surface area contributed by atoms with E-state index in [1.807, 2.05) is 25.2 Å². The van der Waals surface area contributed by atoms with E-state index in [2.05, 4.69) is 5.32 Å². The summed E-state index contributed by atoms with van der Waals surface area (Å²) in [6.45, 7) is 1.05. The average Bonchev–Trinajstić information content (AvgIpc) is 2.28. The number of nitrogens with two attached hydrogens (primary N) is 1. The molecule has 0 saturated heterocycles. The number of hydrogen-bond donors (Lipinski definition) is 2. The van der Waals surface area contributed by atoms with Crippen molar-refractivity contribution < 1.29 is 9.53 Å². The number of carbonyl (C=O) groups is 1. The van der Waals surface area contributed by atoms with Gasteiger partial charge in [0.25, 0.3) is 0 Å². The van der Waals surface area contributed by atoms with E-state index in [0.717, 1.165) is 17.7 Å². The topological polar surface area (TPSA) is 64.3 Å². The molecule has 0 unspecified atom stereocenters. The molecule has 0 aliphatic rings. The first-order valence-corrected chi connectivity index (χ1v) is 4.77. The summed E-state index contributed by atoms with van der Waals surface area (Å²) < 4.78 is 4.70. The first-order valence-electron chi connectivity index (χ1n) is 4.77. The second kappa shape index (κ2) is 5.48. The summed E-state index contributed by atoms with van der Waals surface area (Å²) in [5, 5.41) is 3.02. The van der Waals surface area contributed by atoms with Gasteiger partial charge in [-0.15, -0.1) is 0 Å². The second-order valence-corrected chi connectivity index (χ2v) is 3.22. The van der Waals surface area contributed by atoms with E-state index in [-0.39, 0.29) is 5.97 Å². The standard InChI is InChI=1S/C11H16N2O2/c1-13-7-8-3-4-9(6-12)10(5-8)11(14)15-2/h3-5,13H,6-7,12H2,1-2H3. The zero-order valence-corrected chi connectivity index (χ0v) is 9.04. The quantitative estimate of drug-likeness (QED) is 0.713. The Labute approximate surface area is 89.4 Å². The maximum absolute atomic E-state index is 11.5. The fourth-order valence-electron chi connectivity index (χ4n) is 1.42. The van der Waals surface area contributed by atoms with Crippen molar-refractivity contribution in [3.05, 3.63) is 34.9 Å². The fourth-order valence-corrected chi connectivity index (χ4v) is 1.42. The summed E-state index contributed by atoms with van der Waals surface area (Å²) in [6.07, 6.45) is 0. The highest BCUT2D eigenvalue weighted by molar-refractivity contribution is 5.91. The minimum Gasteiger partial charge on any atom is -0.465 e. The average molecular weight is 208 g/mol. The van der Waals surface area contributed by atoms with E-state index >= 15 is 0 Å². The van der Waals surface area contributed by atoms with E-state index in [1.54, 1.807) is 0 Å². The predicted octanol–water partition coefficient (Wildman–Crippen LogP) is 0.651. The minimum absolute atomic E-state index is 0.338. The number of benzene rings is 1. The Bertz CT molecular complexity index is 350. The fraction of sp³-hybridized carbons (Fsp3) is 0.364. The molecule has 1 rings (SSSR count). The first-order chi connectivity index (χ1) is 7.22. The highest BCUT2D eigenvalue weighted by atomic mass is 16.5. The van der Waals surface area contributed by atoms with Crippen molar-refractivity contribution >= 4 is 5.97 Å². The molecule has 0 aliphatic carbocycles. The SMILES string of the molecule is CNCc1ccc(CN)c(C(=O)OC)c1. The maximum Gasteiger partial charge on any atom is 0.338 e. The summed E-state index contributed by atoms with van der Waals surface area (Å²) in [5.74, 6) is -0.339. The van der Waals surface area contributed by atoms with E-state index in [4.69, 9.17) is 10.5 Å². The number of ether oxygens (including phenoxy) is 1. The number of hydrogen-bond acceptors (Lipinski definition) is 4. The van der Waals surface area contributed by atoms with Crippen molar-refractivity contribution in [3.63, 3.8) is 0 Å². The van der Waals surface area contributed by atoms with Gasteiger partial charge in [0.2, 0.25) is 0 Å². The lowest BCUT2D eigenvalue weighted by Crippen LogP contribution is -2.12. The van der Waals surface area contributed by atoms with Gasteiger partial charge in [-0.3, -0.25) is 0 Å². The van der Waals surface area contributed by atoms with Crippen LogP contribution in [0.2, 0.25) is 0 Å². The predicted molar refractivity (Wildman–Crippen MR) is 58.4 cm³/mol. The van der Waals surface area contributed by atoms with Gasteiger partial charge in [-0.05, 0) is 24.2 Å². The number of nitrogens with one attached hydrogen (secondary N) is 1. The number of methoxy groups -OCH3 is 1. The van der Waals surface area contributed by atoms with Crippen LogP contribution in [0.4, 0.5) is 0 Å². The largest absolute Gasteiger partial charge is 0.465 e. The van der Waals surface area contributed by atoms with Crippen LogP contribution >= 0.6 is 0 Å². The van der Waals surface area contributed by atoms with Crippen LogP contribution < -0.4 is 11.1 Å². The Kier molecular flexibility index (Phi) is 4.27. The molecule has 82 valence electrons. The molecule has 0 spiro atoms. The third kappa shape index (κ3) is 2.78. The van der Waals surface area contributed by atoms with Crippen molar-refractivity contribution in [2.24, 2.45) is 5.73 Å². The molecule has 0 radical (unpaired) electrons. The van der Waals surface area contributed by atoms with Crippen LogP contribution in [0.3, 0.4) is 0 Å². The molecule has 1 aromatic carbocycles. The zero-order chi connectivity index (χ0) is 11.3. The maximum atomic E-state index is 11.5. The van der Waals surface area contributed by atoms with Crippen LogP contribution in [0.15, 0.2) is 18.2 Å². The molecule has 4 nitrogen and oxygen atoms in total. The van der Waals surface area contributed by atoms with Crippen molar-refractivity contribution in [3.8, 4) is 0 Å². The second-order valence-electron chi connectivity index (χ2n) is 3.22. The Morgan fingerprint density at radius 3 is 2.80 bits per heavy atom. The van der Waals surface area contributed by atoms with Gasteiger partial charge < -0.3 is 15.8 Å². The van der Waals surface area contributed by atoms with Crippen LogP contribution in [0.25, 0.3) is 0 Å². The number of rotatable bonds is 4. The van der Waals surface area contributed by atoms with Crippen molar-refractivity contribution in [1.29, 1.82) is 0 Å². The smallest absolute Gasteiger partial charge is 0.338 e. The third-order valence-electron chi connectivity index (χ3n) is 2.18. The molecule has 0 aliphatic heterocycles. The molecule has 1 aromatic rings. The monoisotopic (exact) mass is 208 g/mol. The van der Waals surface area contributed by atoms with Crippen LogP contribution in [-0.4, -0.2) is 20.1 Å². The number of esters is 1. The summed E-state index contributed by atoms with van der Waals surface area (Å²) in [5.41, 5.74) is 7.94. The van der Waals surface area contributed by atoms with E-state index < -0.39 is 0 Å². The molecule has 0 aromatic heterocycles. The van der Waals surface area contributed by atoms with Crippen molar-refractivity contribution in [1.82, 2.24) is 5.32 Å². The highest BCUT2D eigenvalue weighted by Crippen LogP contribution is 2.13. The van der Waals surface area contributed by atoms with E-state index in [9.17, 15) is 4.79 Å². The third-order valence-corrected chi connectivity index (χ3v) is 2.18. The summed E-state index contributed by atoms with van der Waals surface area (Å²) in [7, 11) is 3.22. The Morgan fingerprint density at radius 2 is 2.27 bits per heavy atom. The normalized spacial score (nSPS) is 10.1. The molecule has 0 saturated carbocycles. The molecular weight excluding hydrogens is 192 g/mol. The minimum atomic E-state index is -0.339. The highest BCUT2D eigenvalue weighted by Gasteiger charge is 2.11. The summed E-state index contributed by atoms with van der Waals surface area (Å²) in [4.78, 5) is 11.5. The molecular formula is C11H16N2O2. The van der Waals surface area contributed by atoms with Gasteiger partial charge in [0.05, 0.1) is 12.7 Å². The van der Waals surface area contributed by atoms with E-state index in [1.165, 1.54) is 7.11 Å². The van der Waals surface area contributed by atoms with Gasteiger partial charge >= 0.3 is 5.97 Å². The number of carbonyl (C=O) groups excluding carboxylic acids is 1. The van der Waals surface area contributed by atoms with E-state index in [0.29, 0.717) is 12.1 Å². The summed E-state index contributed by atoms with van der Waals surface area (Å²) in [6, 6.07) is 5.62. The van der Waals surface area contributed by atoms with Gasteiger partial charge in [-0.25, -0.2) is 4.79 Å². The van der Waals surface area contributed by atoms with Crippen LogP contribution in [-0.2, 0) is 17.8 Å². The van der Waals surface area contributed by atoms with Crippen molar-refractivity contribution in [2.45, 2.75) is 13.1 Å². The molecule has 0 amide bonds. The lowest BCUT2D eigenvalue weighted by Gasteiger charge is -2.08. The van der Waals surface area contributed by atoms with Crippen LogP contribution in [0, 0.1) is 0 Å². The van der Waals surface area contributed by atoms with Gasteiger partial charge in [0, 0.05) is 13.1 Å². The molecule has 0 fully saturated rings. The molecule has 4 heteroatoms. The molecule has 0 atom stereocenters. The van der Waals surface area contributed by atoms with Gasteiger partial charge in [0.15, 0.2) is 0 Å². The van der Waals surface area contributed by atoms with Crippen LogP contribution in [0.1, 0.15) is 21.5 Å².